The number of nitrogens with one attached hydrogen (secondary N) is 1. The number of benzene rings is 3. The highest BCUT2D eigenvalue weighted by atomic mass is 35.5. The smallest absolute Gasteiger partial charge is 0.258 e. The zero-order valence-corrected chi connectivity index (χ0v) is 19.3. The molecular weight excluding hydrogens is 461 g/mol. The Hall–Kier alpha value is -3.48. The summed E-state index contributed by atoms with van der Waals surface area (Å²) in [6, 6.07) is 22.3. The first kappa shape index (κ1) is 22.7. The van der Waals surface area contributed by atoms with Crippen molar-refractivity contribution in [2.45, 2.75) is 6.54 Å². The minimum absolute atomic E-state index is 0.175. The summed E-state index contributed by atoms with van der Waals surface area (Å²) in [6.07, 6.45) is 1.91. The van der Waals surface area contributed by atoms with Gasteiger partial charge in [0.15, 0.2) is 6.61 Å². The third kappa shape index (κ3) is 5.66. The van der Waals surface area contributed by atoms with Gasteiger partial charge in [-0.25, -0.2) is 4.68 Å². The molecule has 1 N–H and O–H groups in total. The van der Waals surface area contributed by atoms with Gasteiger partial charge < -0.3 is 14.8 Å². The average molecular weight is 482 g/mol. The van der Waals surface area contributed by atoms with E-state index in [1.807, 2.05) is 60.8 Å². The Morgan fingerprint density at radius 1 is 1.03 bits per heavy atom. The van der Waals surface area contributed by atoms with Gasteiger partial charge in [0.2, 0.25) is 0 Å². The van der Waals surface area contributed by atoms with Gasteiger partial charge in [-0.1, -0.05) is 41.4 Å². The van der Waals surface area contributed by atoms with Crippen molar-refractivity contribution in [3.63, 3.8) is 0 Å². The number of aromatic nitrogens is 2. The number of carbonyl (C=O) groups is 1. The van der Waals surface area contributed by atoms with E-state index >= 15 is 0 Å². The van der Waals surface area contributed by atoms with E-state index in [0.717, 1.165) is 28.3 Å². The summed E-state index contributed by atoms with van der Waals surface area (Å²) in [5.41, 5.74) is 3.47. The monoisotopic (exact) mass is 481 g/mol. The highest BCUT2D eigenvalue weighted by Gasteiger charge is 2.14. The molecule has 3 aromatic carbocycles. The van der Waals surface area contributed by atoms with Gasteiger partial charge in [-0.2, -0.15) is 5.10 Å². The summed E-state index contributed by atoms with van der Waals surface area (Å²) in [7, 11) is 1.62. The SMILES string of the molecule is COc1ccc(-c2nn(-c3ccccc3)cc2CNC(=O)COc2ccc(Cl)cc2Cl)cc1. The lowest BCUT2D eigenvalue weighted by atomic mass is 10.1. The van der Waals surface area contributed by atoms with Gasteiger partial charge in [0.25, 0.3) is 5.91 Å². The third-order valence-electron chi connectivity index (χ3n) is 4.90. The zero-order valence-electron chi connectivity index (χ0n) is 17.8. The van der Waals surface area contributed by atoms with E-state index < -0.39 is 0 Å². The predicted octanol–water partition coefficient (Wildman–Crippen LogP) is 5.55. The van der Waals surface area contributed by atoms with Crippen molar-refractivity contribution in [3.05, 3.63) is 94.6 Å². The number of hydrogen-bond acceptors (Lipinski definition) is 4. The predicted molar refractivity (Wildman–Crippen MR) is 129 cm³/mol. The fourth-order valence-electron chi connectivity index (χ4n) is 3.22. The first-order chi connectivity index (χ1) is 16.0. The van der Waals surface area contributed by atoms with Crippen LogP contribution in [0, 0.1) is 0 Å². The summed E-state index contributed by atoms with van der Waals surface area (Å²) >= 11 is 12.0. The van der Waals surface area contributed by atoms with Crippen LogP contribution in [0.2, 0.25) is 10.0 Å². The van der Waals surface area contributed by atoms with E-state index in [1.165, 1.54) is 0 Å². The molecule has 0 unspecified atom stereocenters. The van der Waals surface area contributed by atoms with E-state index in [0.29, 0.717) is 15.8 Å². The molecule has 0 aliphatic heterocycles. The quantitative estimate of drug-likeness (QED) is 0.358. The number of halogens is 2. The fraction of sp³-hybridized carbons (Fsp3) is 0.120. The standard InChI is InChI=1S/C25H21Cl2N3O3/c1-32-21-10-7-17(8-11-21)25-18(15-30(29-25)20-5-3-2-4-6-20)14-28-24(31)16-33-23-12-9-19(26)13-22(23)27/h2-13,15H,14,16H2,1H3,(H,28,31). The zero-order chi connectivity index (χ0) is 23.2. The van der Waals surface area contributed by atoms with Crippen LogP contribution in [0.3, 0.4) is 0 Å². The lowest BCUT2D eigenvalue weighted by Crippen LogP contribution is -2.28. The minimum Gasteiger partial charge on any atom is -0.497 e. The number of methoxy groups -OCH3 is 1. The Balaban J connectivity index is 1.50. The number of ether oxygens (including phenoxy) is 2. The van der Waals surface area contributed by atoms with Gasteiger partial charge in [0.1, 0.15) is 11.5 Å². The van der Waals surface area contributed by atoms with E-state index in [2.05, 4.69) is 5.32 Å². The summed E-state index contributed by atoms with van der Waals surface area (Å²) in [6.45, 7) is 0.108. The maximum atomic E-state index is 12.4. The largest absolute Gasteiger partial charge is 0.497 e. The molecule has 1 aromatic heterocycles. The van der Waals surface area contributed by atoms with E-state index in [9.17, 15) is 4.79 Å². The van der Waals surface area contributed by atoms with Crippen molar-refractivity contribution in [1.29, 1.82) is 0 Å². The molecule has 0 spiro atoms. The molecule has 0 aliphatic carbocycles. The molecule has 0 saturated carbocycles. The third-order valence-corrected chi connectivity index (χ3v) is 5.43. The summed E-state index contributed by atoms with van der Waals surface area (Å²) in [5, 5.41) is 8.49. The Bertz CT molecular complexity index is 1240. The van der Waals surface area contributed by atoms with Crippen LogP contribution in [0.25, 0.3) is 16.9 Å². The van der Waals surface area contributed by atoms with Crippen molar-refractivity contribution in [2.24, 2.45) is 0 Å². The van der Waals surface area contributed by atoms with Gasteiger partial charge in [-0.05, 0) is 54.6 Å². The van der Waals surface area contributed by atoms with Crippen molar-refractivity contribution < 1.29 is 14.3 Å². The van der Waals surface area contributed by atoms with Crippen LogP contribution in [-0.2, 0) is 11.3 Å². The first-order valence-corrected chi connectivity index (χ1v) is 10.9. The Labute approximate surface area is 201 Å². The molecular formula is C25H21Cl2N3O3. The summed E-state index contributed by atoms with van der Waals surface area (Å²) in [5.74, 6) is 0.871. The second-order valence-corrected chi connectivity index (χ2v) is 8.00. The van der Waals surface area contributed by atoms with Crippen LogP contribution in [0.15, 0.2) is 79.0 Å². The molecule has 1 heterocycles. The number of carbonyl (C=O) groups excluding carboxylic acids is 1. The topological polar surface area (TPSA) is 65.4 Å². The molecule has 0 atom stereocenters. The average Bonchev–Trinajstić information content (AvgIpc) is 3.27. The van der Waals surface area contributed by atoms with Crippen LogP contribution in [0.5, 0.6) is 11.5 Å². The second kappa shape index (κ2) is 10.4. The van der Waals surface area contributed by atoms with Crippen molar-refractivity contribution in [1.82, 2.24) is 15.1 Å². The normalized spacial score (nSPS) is 10.6. The highest BCUT2D eigenvalue weighted by molar-refractivity contribution is 6.35. The van der Waals surface area contributed by atoms with Gasteiger partial charge >= 0.3 is 0 Å². The molecule has 168 valence electrons. The van der Waals surface area contributed by atoms with Crippen LogP contribution >= 0.6 is 23.2 Å². The van der Waals surface area contributed by atoms with Crippen molar-refractivity contribution in [3.8, 4) is 28.4 Å². The number of hydrogen-bond donors (Lipinski definition) is 1. The lowest BCUT2D eigenvalue weighted by Gasteiger charge is -2.09. The van der Waals surface area contributed by atoms with Gasteiger partial charge in [0, 0.05) is 28.9 Å². The van der Waals surface area contributed by atoms with E-state index in [1.54, 1.807) is 30.0 Å². The van der Waals surface area contributed by atoms with Crippen molar-refractivity contribution in [2.75, 3.05) is 13.7 Å². The van der Waals surface area contributed by atoms with Gasteiger partial charge in [-0.3, -0.25) is 4.79 Å². The minimum atomic E-state index is -0.283. The first-order valence-electron chi connectivity index (χ1n) is 10.2. The number of rotatable bonds is 8. The molecule has 4 aromatic rings. The maximum absolute atomic E-state index is 12.4. The summed E-state index contributed by atoms with van der Waals surface area (Å²) < 4.78 is 12.6. The number of nitrogens with zero attached hydrogens (tertiary/aromatic N) is 2. The molecule has 0 saturated heterocycles. The molecule has 0 bridgehead atoms. The molecule has 8 heteroatoms. The Morgan fingerprint density at radius 3 is 2.48 bits per heavy atom. The van der Waals surface area contributed by atoms with Crippen LogP contribution in [-0.4, -0.2) is 29.4 Å². The Kier molecular flexibility index (Phi) is 7.17. The maximum Gasteiger partial charge on any atom is 0.258 e. The van der Waals surface area contributed by atoms with Crippen molar-refractivity contribution >= 4 is 29.1 Å². The molecule has 0 aliphatic rings. The molecule has 1 amide bonds. The lowest BCUT2D eigenvalue weighted by molar-refractivity contribution is -0.123. The molecule has 0 fully saturated rings. The Morgan fingerprint density at radius 2 is 1.79 bits per heavy atom. The molecule has 6 nitrogen and oxygen atoms in total. The van der Waals surface area contributed by atoms with E-state index in [-0.39, 0.29) is 19.1 Å². The highest BCUT2D eigenvalue weighted by Crippen LogP contribution is 2.28. The van der Waals surface area contributed by atoms with Gasteiger partial charge in [0.05, 0.1) is 23.5 Å². The number of amides is 1. The molecule has 0 radical (unpaired) electrons. The van der Waals surface area contributed by atoms with E-state index in [4.69, 9.17) is 37.8 Å². The molecule has 33 heavy (non-hydrogen) atoms. The second-order valence-electron chi connectivity index (χ2n) is 7.15. The van der Waals surface area contributed by atoms with Crippen LogP contribution in [0.1, 0.15) is 5.56 Å². The molecule has 4 rings (SSSR count). The van der Waals surface area contributed by atoms with Gasteiger partial charge in [-0.15, -0.1) is 0 Å². The van der Waals surface area contributed by atoms with Crippen LogP contribution in [0.4, 0.5) is 0 Å². The summed E-state index contributed by atoms with van der Waals surface area (Å²) in [4.78, 5) is 12.4. The number of para-hydroxylation sites is 1. The van der Waals surface area contributed by atoms with Crippen LogP contribution < -0.4 is 14.8 Å². The fourth-order valence-corrected chi connectivity index (χ4v) is 3.69.